The third-order valence-corrected chi connectivity index (χ3v) is 2.97. The lowest BCUT2D eigenvalue weighted by molar-refractivity contribution is -0.829. The summed E-state index contributed by atoms with van der Waals surface area (Å²) in [6.07, 6.45) is 0. The molecule has 0 bridgehead atoms. The first-order chi connectivity index (χ1) is 7.24. The van der Waals surface area contributed by atoms with Gasteiger partial charge in [-0.05, 0) is 22.0 Å². The Morgan fingerprint density at radius 2 is 1.93 bits per heavy atom. The van der Waals surface area contributed by atoms with Gasteiger partial charge in [0.15, 0.2) is 5.69 Å². The smallest absolute Gasteiger partial charge is 0.171 e. The maximum absolute atomic E-state index is 5.98. The largest absolute Gasteiger partial charge is 0.397 e. The average Bonchev–Trinajstić information content (AvgIpc) is 2.26. The van der Waals surface area contributed by atoms with Crippen molar-refractivity contribution in [3.8, 4) is 0 Å². The van der Waals surface area contributed by atoms with Gasteiger partial charge < -0.3 is 5.73 Å². The van der Waals surface area contributed by atoms with Crippen LogP contribution in [0.15, 0.2) is 34.8 Å². The molecule has 0 spiro atoms. The molecular weight excluding hydrogens is 256 g/mol. The maximum Gasteiger partial charge on any atom is 0.171 e. The van der Waals surface area contributed by atoms with E-state index in [1.807, 2.05) is 30.3 Å². The molecule has 0 aliphatic heterocycles. The second-order valence-electron chi connectivity index (χ2n) is 3.26. The average molecular weight is 268 g/mol. The van der Waals surface area contributed by atoms with Crippen LogP contribution in [0.3, 0.4) is 0 Å². The predicted molar refractivity (Wildman–Crippen MR) is 64.7 cm³/mol. The van der Waals surface area contributed by atoms with E-state index in [1.165, 1.54) is 0 Å². The summed E-state index contributed by atoms with van der Waals surface area (Å²) in [5.74, 6) is 0. The van der Waals surface area contributed by atoms with Crippen molar-refractivity contribution in [2.75, 3.05) is 12.8 Å². The van der Waals surface area contributed by atoms with Gasteiger partial charge in [-0.1, -0.05) is 18.2 Å². The van der Waals surface area contributed by atoms with E-state index in [4.69, 9.17) is 10.6 Å². The summed E-state index contributed by atoms with van der Waals surface area (Å²) < 4.78 is 0.893. The monoisotopic (exact) mass is 267 g/mol. The number of nitrogen functional groups attached to an aromatic ring is 1. The van der Waals surface area contributed by atoms with E-state index in [2.05, 4.69) is 15.9 Å². The summed E-state index contributed by atoms with van der Waals surface area (Å²) in [5, 5.41) is 2.13. The van der Waals surface area contributed by atoms with E-state index >= 15 is 0 Å². The van der Waals surface area contributed by atoms with Gasteiger partial charge in [-0.25, -0.2) is 4.84 Å². The second kappa shape index (κ2) is 4.18. The Bertz CT molecular complexity index is 499. The molecule has 0 heterocycles. The quantitative estimate of drug-likeness (QED) is 0.646. The minimum absolute atomic E-state index is 0.763. The van der Waals surface area contributed by atoms with Crippen molar-refractivity contribution in [3.63, 3.8) is 0 Å². The molecule has 3 nitrogen and oxygen atoms in total. The molecule has 0 fully saturated rings. The van der Waals surface area contributed by atoms with Gasteiger partial charge in [-0.15, -0.1) is 0 Å². The minimum atomic E-state index is 0.763. The molecule has 4 N–H and O–H groups in total. The van der Waals surface area contributed by atoms with E-state index in [1.54, 1.807) is 12.6 Å². The van der Waals surface area contributed by atoms with E-state index in [0.717, 1.165) is 26.6 Å². The Morgan fingerprint density at radius 1 is 1.27 bits per heavy atom. The Balaban J connectivity index is 2.76. The Hall–Kier alpha value is -1.10. The summed E-state index contributed by atoms with van der Waals surface area (Å²) in [4.78, 5) is 5.04. The number of quaternary nitrogens is 1. The minimum Gasteiger partial charge on any atom is -0.397 e. The van der Waals surface area contributed by atoms with Gasteiger partial charge in [0.25, 0.3) is 0 Å². The van der Waals surface area contributed by atoms with Crippen LogP contribution in [-0.2, 0) is 4.84 Å². The zero-order valence-electron chi connectivity index (χ0n) is 8.33. The molecule has 0 aliphatic rings. The highest BCUT2D eigenvalue weighted by atomic mass is 79.9. The molecule has 2 aromatic carbocycles. The summed E-state index contributed by atoms with van der Waals surface area (Å²) in [6.45, 7) is 0. The first-order valence-corrected chi connectivity index (χ1v) is 5.36. The number of rotatable bonds is 2. The van der Waals surface area contributed by atoms with E-state index < -0.39 is 0 Å². The van der Waals surface area contributed by atoms with Crippen molar-refractivity contribution in [1.29, 1.82) is 0 Å². The number of anilines is 1. The number of benzene rings is 2. The van der Waals surface area contributed by atoms with Crippen molar-refractivity contribution >= 4 is 38.1 Å². The second-order valence-corrected chi connectivity index (χ2v) is 4.11. The fraction of sp³-hybridized carbons (Fsp3) is 0.0909. The molecule has 0 aliphatic carbocycles. The first-order valence-electron chi connectivity index (χ1n) is 4.56. The zero-order valence-corrected chi connectivity index (χ0v) is 9.91. The molecule has 0 radical (unpaired) electrons. The van der Waals surface area contributed by atoms with Gasteiger partial charge >= 0.3 is 0 Å². The van der Waals surface area contributed by atoms with Crippen LogP contribution < -0.4 is 11.2 Å². The third kappa shape index (κ3) is 1.84. The van der Waals surface area contributed by atoms with Crippen LogP contribution in [0.5, 0.6) is 0 Å². The topological polar surface area (TPSA) is 51.9 Å². The van der Waals surface area contributed by atoms with Crippen LogP contribution >= 0.6 is 15.9 Å². The maximum atomic E-state index is 5.98. The highest BCUT2D eigenvalue weighted by Crippen LogP contribution is 2.32. The van der Waals surface area contributed by atoms with Gasteiger partial charge in [-0.2, -0.15) is 5.48 Å². The third-order valence-electron chi connectivity index (χ3n) is 2.31. The van der Waals surface area contributed by atoms with Gasteiger partial charge in [0.1, 0.15) is 0 Å². The van der Waals surface area contributed by atoms with Crippen LogP contribution in [0.4, 0.5) is 11.4 Å². The van der Waals surface area contributed by atoms with Crippen molar-refractivity contribution in [3.05, 3.63) is 34.8 Å². The highest BCUT2D eigenvalue weighted by Gasteiger charge is 2.10. The Labute approximate surface area is 96.3 Å². The number of hydrogen-bond acceptors (Lipinski definition) is 2. The number of nitrogens with two attached hydrogens (primary N) is 2. The molecule has 0 saturated carbocycles. The molecule has 0 aromatic heterocycles. The lowest BCUT2D eigenvalue weighted by Crippen LogP contribution is -2.76. The van der Waals surface area contributed by atoms with Crippen molar-refractivity contribution in [1.82, 2.24) is 0 Å². The normalized spacial score (nSPS) is 10.8. The summed E-state index contributed by atoms with van der Waals surface area (Å²) in [7, 11) is 1.64. The molecule has 15 heavy (non-hydrogen) atoms. The van der Waals surface area contributed by atoms with E-state index in [0.29, 0.717) is 0 Å². The molecule has 0 saturated heterocycles. The fourth-order valence-electron chi connectivity index (χ4n) is 1.61. The first kappa shape index (κ1) is 10.4. The molecule has 0 unspecified atom stereocenters. The van der Waals surface area contributed by atoms with Crippen LogP contribution in [0.25, 0.3) is 10.8 Å². The molecule has 0 amide bonds. The standard InChI is InChI=1S/C11H11BrN2O/c1-15-14-10-6-9(12)11(13)8-5-3-2-4-7(8)10/h2-6,14H,13H2,1H3/p+1. The molecule has 4 heteroatoms. The van der Waals surface area contributed by atoms with E-state index in [9.17, 15) is 0 Å². The molecule has 0 atom stereocenters. The zero-order chi connectivity index (χ0) is 10.8. The lowest BCUT2D eigenvalue weighted by Gasteiger charge is -2.07. The van der Waals surface area contributed by atoms with Crippen LogP contribution in [0.2, 0.25) is 0 Å². The fourth-order valence-corrected chi connectivity index (χ4v) is 2.08. The van der Waals surface area contributed by atoms with Gasteiger partial charge in [0.05, 0.1) is 12.8 Å². The molecular formula is C11H12BrN2O+. The summed E-state index contributed by atoms with van der Waals surface area (Å²) in [6, 6.07) is 9.96. The SMILES string of the molecule is CO[NH2+]c1cc(Br)c(N)c2ccccc12. The Kier molecular flexibility index (Phi) is 2.90. The summed E-state index contributed by atoms with van der Waals surface area (Å²) >= 11 is 3.44. The lowest BCUT2D eigenvalue weighted by atomic mass is 10.1. The molecule has 2 aromatic rings. The van der Waals surface area contributed by atoms with Crippen molar-refractivity contribution < 1.29 is 10.3 Å². The number of halogens is 1. The van der Waals surface area contributed by atoms with E-state index in [-0.39, 0.29) is 0 Å². The van der Waals surface area contributed by atoms with Gasteiger partial charge in [0, 0.05) is 21.3 Å². The molecule has 78 valence electrons. The van der Waals surface area contributed by atoms with Gasteiger partial charge in [0.2, 0.25) is 0 Å². The summed E-state index contributed by atoms with van der Waals surface area (Å²) in [5.41, 5.74) is 9.48. The van der Waals surface area contributed by atoms with Crippen LogP contribution in [0, 0.1) is 0 Å². The number of hydrogen-bond donors (Lipinski definition) is 2. The number of fused-ring (bicyclic) bond motifs is 1. The predicted octanol–water partition coefficient (Wildman–Crippen LogP) is 1.94. The van der Waals surface area contributed by atoms with Crippen LogP contribution in [-0.4, -0.2) is 7.11 Å². The highest BCUT2D eigenvalue weighted by molar-refractivity contribution is 9.10. The van der Waals surface area contributed by atoms with Crippen molar-refractivity contribution in [2.24, 2.45) is 0 Å². The van der Waals surface area contributed by atoms with Crippen molar-refractivity contribution in [2.45, 2.75) is 0 Å². The van der Waals surface area contributed by atoms with Crippen LogP contribution in [0.1, 0.15) is 0 Å². The molecule has 2 rings (SSSR count). The van der Waals surface area contributed by atoms with Gasteiger partial charge in [-0.3, -0.25) is 0 Å². The Morgan fingerprint density at radius 3 is 2.60 bits per heavy atom.